The molecule has 2 N–H and O–H groups in total. The molecule has 0 atom stereocenters. The van der Waals surface area contributed by atoms with E-state index in [-0.39, 0.29) is 0 Å². The Labute approximate surface area is 100 Å². The molecule has 1 heterocycles. The largest absolute Gasteiger partial charge is 0.496 e. The number of anilines is 1. The quantitative estimate of drug-likeness (QED) is 0.882. The van der Waals surface area contributed by atoms with Crippen molar-refractivity contribution in [3.63, 3.8) is 0 Å². The summed E-state index contributed by atoms with van der Waals surface area (Å²) in [5.74, 6) is 2.03. The van der Waals surface area contributed by atoms with Gasteiger partial charge in [0.2, 0.25) is 0 Å². The van der Waals surface area contributed by atoms with Crippen LogP contribution in [0.5, 0.6) is 11.5 Å². The molecule has 90 valence electrons. The Morgan fingerprint density at radius 3 is 2.41 bits per heavy atom. The molecule has 0 bridgehead atoms. The van der Waals surface area contributed by atoms with Gasteiger partial charge in [0.1, 0.15) is 22.8 Å². The summed E-state index contributed by atoms with van der Waals surface area (Å²) in [5.41, 5.74) is 7.66. The number of aromatic nitrogens is 1. The summed E-state index contributed by atoms with van der Waals surface area (Å²) >= 11 is 0. The van der Waals surface area contributed by atoms with E-state index < -0.39 is 0 Å². The zero-order valence-corrected chi connectivity index (χ0v) is 10.3. The zero-order valence-electron chi connectivity index (χ0n) is 10.3. The molecule has 0 aliphatic carbocycles. The lowest BCUT2D eigenvalue weighted by Gasteiger charge is -2.11. The van der Waals surface area contributed by atoms with Gasteiger partial charge in [-0.25, -0.2) is 4.98 Å². The van der Waals surface area contributed by atoms with Gasteiger partial charge in [-0.15, -0.1) is 0 Å². The maximum absolute atomic E-state index is 5.90. The van der Waals surface area contributed by atoms with Crippen LogP contribution >= 0.6 is 0 Å². The highest BCUT2D eigenvalue weighted by Gasteiger charge is 2.11. The fourth-order valence-corrected chi connectivity index (χ4v) is 1.89. The van der Waals surface area contributed by atoms with Crippen molar-refractivity contribution >= 4 is 16.7 Å². The Morgan fingerprint density at radius 1 is 1.18 bits per heavy atom. The van der Waals surface area contributed by atoms with Crippen molar-refractivity contribution in [2.24, 2.45) is 0 Å². The minimum atomic E-state index is 0.548. The Kier molecular flexibility index (Phi) is 3.04. The molecular formula is C13H16N2O2. The van der Waals surface area contributed by atoms with Crippen LogP contribution in [0.3, 0.4) is 0 Å². The molecule has 0 radical (unpaired) electrons. The lowest BCUT2D eigenvalue weighted by Crippen LogP contribution is -1.99. The van der Waals surface area contributed by atoms with Crippen LogP contribution in [0.1, 0.15) is 12.5 Å². The molecule has 0 saturated carbocycles. The highest BCUT2D eigenvalue weighted by Crippen LogP contribution is 2.33. The van der Waals surface area contributed by atoms with Crippen LogP contribution in [-0.2, 0) is 6.42 Å². The first-order valence-electron chi connectivity index (χ1n) is 5.51. The number of benzene rings is 1. The van der Waals surface area contributed by atoms with Crippen molar-refractivity contribution in [1.82, 2.24) is 4.98 Å². The first kappa shape index (κ1) is 11.5. The average molecular weight is 232 g/mol. The van der Waals surface area contributed by atoms with Gasteiger partial charge in [-0.2, -0.15) is 0 Å². The molecule has 2 rings (SSSR count). The number of ether oxygens (including phenoxy) is 2. The molecule has 0 unspecified atom stereocenters. The van der Waals surface area contributed by atoms with Crippen molar-refractivity contribution in [3.8, 4) is 11.5 Å². The van der Waals surface area contributed by atoms with E-state index >= 15 is 0 Å². The lowest BCUT2D eigenvalue weighted by atomic mass is 10.1. The monoisotopic (exact) mass is 232 g/mol. The second-order valence-electron chi connectivity index (χ2n) is 3.75. The van der Waals surface area contributed by atoms with Gasteiger partial charge in [0.25, 0.3) is 0 Å². The molecule has 0 amide bonds. The standard InChI is InChI=1S/C13H16N2O2/c1-4-8-7-9-10(16-2)5-6-11(17-3)12(9)15-13(8)14/h5-7H,4H2,1-3H3,(H2,14,15). The van der Waals surface area contributed by atoms with Gasteiger partial charge in [0.15, 0.2) is 0 Å². The normalized spacial score (nSPS) is 10.5. The summed E-state index contributed by atoms with van der Waals surface area (Å²) in [6.07, 6.45) is 0.842. The van der Waals surface area contributed by atoms with E-state index in [0.717, 1.165) is 28.6 Å². The van der Waals surface area contributed by atoms with E-state index in [1.54, 1.807) is 14.2 Å². The van der Waals surface area contributed by atoms with Gasteiger partial charge >= 0.3 is 0 Å². The lowest BCUT2D eigenvalue weighted by molar-refractivity contribution is 0.410. The molecule has 0 aliphatic rings. The molecule has 0 aliphatic heterocycles. The molecule has 4 nitrogen and oxygen atoms in total. The number of nitrogens with two attached hydrogens (primary N) is 1. The molecule has 4 heteroatoms. The Hall–Kier alpha value is -1.97. The van der Waals surface area contributed by atoms with Crippen LogP contribution < -0.4 is 15.2 Å². The number of fused-ring (bicyclic) bond motifs is 1. The van der Waals surface area contributed by atoms with Gasteiger partial charge in [0.05, 0.1) is 14.2 Å². The summed E-state index contributed by atoms with van der Waals surface area (Å²) in [5, 5.41) is 0.929. The van der Waals surface area contributed by atoms with Crippen molar-refractivity contribution < 1.29 is 9.47 Å². The number of aryl methyl sites for hydroxylation is 1. The summed E-state index contributed by atoms with van der Waals surface area (Å²) < 4.78 is 10.6. The molecule has 0 spiro atoms. The van der Waals surface area contributed by atoms with E-state index in [9.17, 15) is 0 Å². The second kappa shape index (κ2) is 4.49. The molecule has 1 aromatic heterocycles. The average Bonchev–Trinajstić information content (AvgIpc) is 2.36. The second-order valence-corrected chi connectivity index (χ2v) is 3.75. The molecule has 0 fully saturated rings. The van der Waals surface area contributed by atoms with Gasteiger partial charge in [-0.3, -0.25) is 0 Å². The first-order valence-corrected chi connectivity index (χ1v) is 5.51. The maximum Gasteiger partial charge on any atom is 0.145 e. The first-order chi connectivity index (χ1) is 8.21. The summed E-state index contributed by atoms with van der Waals surface area (Å²) in [7, 11) is 3.26. The highest BCUT2D eigenvalue weighted by molar-refractivity contribution is 5.91. The summed E-state index contributed by atoms with van der Waals surface area (Å²) in [6, 6.07) is 5.72. The number of hydrogen-bond donors (Lipinski definition) is 1. The zero-order chi connectivity index (χ0) is 12.4. The highest BCUT2D eigenvalue weighted by atomic mass is 16.5. The van der Waals surface area contributed by atoms with Crippen LogP contribution in [0.15, 0.2) is 18.2 Å². The van der Waals surface area contributed by atoms with Crippen LogP contribution in [0.25, 0.3) is 10.9 Å². The smallest absolute Gasteiger partial charge is 0.145 e. The van der Waals surface area contributed by atoms with E-state index in [2.05, 4.69) is 4.98 Å². The van der Waals surface area contributed by atoms with Gasteiger partial charge in [0, 0.05) is 5.39 Å². The minimum Gasteiger partial charge on any atom is -0.496 e. The van der Waals surface area contributed by atoms with Crippen molar-refractivity contribution in [2.45, 2.75) is 13.3 Å². The molecular weight excluding hydrogens is 216 g/mol. The van der Waals surface area contributed by atoms with Gasteiger partial charge in [-0.1, -0.05) is 6.92 Å². The molecule has 17 heavy (non-hydrogen) atoms. The van der Waals surface area contributed by atoms with E-state index in [0.29, 0.717) is 11.6 Å². The molecule has 1 aromatic carbocycles. The Bertz CT molecular complexity index is 553. The fraction of sp³-hybridized carbons (Fsp3) is 0.308. The maximum atomic E-state index is 5.90. The number of rotatable bonds is 3. The van der Waals surface area contributed by atoms with Gasteiger partial charge < -0.3 is 15.2 Å². The number of nitrogens with zero attached hydrogens (tertiary/aromatic N) is 1. The number of hydrogen-bond acceptors (Lipinski definition) is 4. The fourth-order valence-electron chi connectivity index (χ4n) is 1.89. The molecule has 2 aromatic rings. The van der Waals surface area contributed by atoms with Crippen LogP contribution in [-0.4, -0.2) is 19.2 Å². The summed E-state index contributed by atoms with van der Waals surface area (Å²) in [4.78, 5) is 4.40. The third-order valence-corrected chi connectivity index (χ3v) is 2.84. The predicted octanol–water partition coefficient (Wildman–Crippen LogP) is 2.40. The van der Waals surface area contributed by atoms with E-state index in [4.69, 9.17) is 15.2 Å². The van der Waals surface area contributed by atoms with E-state index in [1.807, 2.05) is 25.1 Å². The Morgan fingerprint density at radius 2 is 1.82 bits per heavy atom. The minimum absolute atomic E-state index is 0.548. The predicted molar refractivity (Wildman–Crippen MR) is 68.6 cm³/mol. The van der Waals surface area contributed by atoms with Crippen molar-refractivity contribution in [2.75, 3.05) is 20.0 Å². The Balaban J connectivity index is 2.81. The SMILES string of the molecule is CCc1cc2c(OC)ccc(OC)c2nc1N. The number of nitrogen functional groups attached to an aromatic ring is 1. The van der Waals surface area contributed by atoms with E-state index in [1.165, 1.54) is 0 Å². The number of methoxy groups -OCH3 is 2. The van der Waals surface area contributed by atoms with Crippen LogP contribution in [0.2, 0.25) is 0 Å². The van der Waals surface area contributed by atoms with Crippen LogP contribution in [0.4, 0.5) is 5.82 Å². The third kappa shape index (κ3) is 1.86. The van der Waals surface area contributed by atoms with Crippen molar-refractivity contribution in [3.05, 3.63) is 23.8 Å². The van der Waals surface area contributed by atoms with Crippen LogP contribution in [0, 0.1) is 0 Å². The van der Waals surface area contributed by atoms with Crippen molar-refractivity contribution in [1.29, 1.82) is 0 Å². The topological polar surface area (TPSA) is 57.4 Å². The van der Waals surface area contributed by atoms with Gasteiger partial charge in [-0.05, 0) is 30.2 Å². The third-order valence-electron chi connectivity index (χ3n) is 2.84. The summed E-state index contributed by atoms with van der Waals surface area (Å²) in [6.45, 7) is 2.05. The molecule has 0 saturated heterocycles. The number of pyridine rings is 1.